The maximum atomic E-state index is 13.7. The Balaban J connectivity index is 2.15. The zero-order valence-corrected chi connectivity index (χ0v) is 11.4. The van der Waals surface area contributed by atoms with Crippen molar-refractivity contribution < 1.29 is 35.8 Å². The first-order valence-electron chi connectivity index (χ1n) is 6.66. The van der Waals surface area contributed by atoms with Crippen molar-refractivity contribution in [2.24, 2.45) is 5.92 Å². The zero-order chi connectivity index (χ0) is 15.9. The molecular weight excluding hydrogens is 302 g/mol. The zero-order valence-electron chi connectivity index (χ0n) is 11.4. The molecule has 2 rings (SSSR count). The fourth-order valence-electron chi connectivity index (χ4n) is 2.68. The van der Waals surface area contributed by atoms with Gasteiger partial charge in [0.15, 0.2) is 0 Å². The SMILES string of the molecule is CCOCC(F)(F)C(F)(F)C(F)(F)OC12C=CC(CC1)C2. The molecule has 0 aromatic carbocycles. The lowest BCUT2D eigenvalue weighted by Crippen LogP contribution is -2.59. The third-order valence-electron chi connectivity index (χ3n) is 3.86. The van der Waals surface area contributed by atoms with Gasteiger partial charge >= 0.3 is 18.0 Å². The summed E-state index contributed by atoms with van der Waals surface area (Å²) in [5.41, 5.74) is -1.57. The quantitative estimate of drug-likeness (QED) is 0.521. The maximum absolute atomic E-state index is 13.7. The van der Waals surface area contributed by atoms with Gasteiger partial charge in [0.25, 0.3) is 0 Å². The van der Waals surface area contributed by atoms with Gasteiger partial charge in [-0.25, -0.2) is 0 Å². The van der Waals surface area contributed by atoms with Crippen LogP contribution in [-0.2, 0) is 9.47 Å². The largest absolute Gasteiger partial charge is 0.426 e. The number of hydrogen-bond donors (Lipinski definition) is 0. The van der Waals surface area contributed by atoms with Crippen molar-refractivity contribution in [3.63, 3.8) is 0 Å². The van der Waals surface area contributed by atoms with Crippen LogP contribution in [0.5, 0.6) is 0 Å². The van der Waals surface area contributed by atoms with Gasteiger partial charge in [-0.05, 0) is 32.1 Å². The lowest BCUT2D eigenvalue weighted by Gasteiger charge is -2.36. The highest BCUT2D eigenvalue weighted by atomic mass is 19.3. The molecule has 122 valence electrons. The van der Waals surface area contributed by atoms with Crippen LogP contribution in [-0.4, -0.2) is 36.8 Å². The van der Waals surface area contributed by atoms with E-state index in [0.717, 1.165) is 0 Å². The van der Waals surface area contributed by atoms with Crippen molar-refractivity contribution in [1.82, 2.24) is 0 Å². The van der Waals surface area contributed by atoms with Gasteiger partial charge in [-0.15, -0.1) is 0 Å². The van der Waals surface area contributed by atoms with E-state index in [2.05, 4.69) is 9.47 Å². The van der Waals surface area contributed by atoms with Crippen LogP contribution in [0.15, 0.2) is 12.2 Å². The van der Waals surface area contributed by atoms with E-state index in [9.17, 15) is 26.3 Å². The molecule has 2 bridgehead atoms. The smallest absolute Gasteiger partial charge is 0.375 e. The number of rotatable bonds is 7. The standard InChI is InChI=1S/C13H16F6O2/c1-2-20-8-11(14,15)12(16,17)13(18,19)21-10-5-3-9(7-10)4-6-10/h3,5,9H,2,4,6-8H2,1H3. The number of halogens is 6. The molecule has 1 saturated carbocycles. The van der Waals surface area contributed by atoms with Gasteiger partial charge < -0.3 is 9.47 Å². The second-order valence-electron chi connectivity index (χ2n) is 5.46. The molecule has 0 aliphatic heterocycles. The molecule has 0 aromatic heterocycles. The van der Waals surface area contributed by atoms with E-state index in [1.54, 1.807) is 6.08 Å². The van der Waals surface area contributed by atoms with Crippen LogP contribution in [0.2, 0.25) is 0 Å². The highest BCUT2D eigenvalue weighted by Crippen LogP contribution is 2.53. The summed E-state index contributed by atoms with van der Waals surface area (Å²) in [7, 11) is 0. The number of hydrogen-bond acceptors (Lipinski definition) is 2. The van der Waals surface area contributed by atoms with Crippen molar-refractivity contribution in [3.8, 4) is 0 Å². The molecule has 0 saturated heterocycles. The summed E-state index contributed by atoms with van der Waals surface area (Å²) in [6, 6.07) is 0. The lowest BCUT2D eigenvalue weighted by molar-refractivity contribution is -0.419. The predicted octanol–water partition coefficient (Wildman–Crippen LogP) is 4.01. The Hall–Kier alpha value is -0.760. The monoisotopic (exact) mass is 318 g/mol. The van der Waals surface area contributed by atoms with Gasteiger partial charge in [-0.2, -0.15) is 26.3 Å². The number of allylic oxidation sites excluding steroid dienone is 1. The molecule has 0 heterocycles. The van der Waals surface area contributed by atoms with Gasteiger partial charge in [0.2, 0.25) is 0 Å². The molecule has 2 atom stereocenters. The Bertz CT molecular complexity index is 423. The van der Waals surface area contributed by atoms with Crippen LogP contribution in [0, 0.1) is 5.92 Å². The Morgan fingerprint density at radius 1 is 1.19 bits per heavy atom. The van der Waals surface area contributed by atoms with Crippen molar-refractivity contribution in [3.05, 3.63) is 12.2 Å². The fourth-order valence-corrected chi connectivity index (χ4v) is 2.68. The summed E-state index contributed by atoms with van der Waals surface area (Å²) < 4.78 is 89.5. The molecule has 8 heteroatoms. The van der Waals surface area contributed by atoms with Crippen molar-refractivity contribution in [2.75, 3.05) is 13.2 Å². The summed E-state index contributed by atoms with van der Waals surface area (Å²) in [6.45, 7) is -0.781. The third kappa shape index (κ3) is 2.79. The Morgan fingerprint density at radius 2 is 1.86 bits per heavy atom. The van der Waals surface area contributed by atoms with Gasteiger partial charge in [-0.3, -0.25) is 0 Å². The van der Waals surface area contributed by atoms with Crippen LogP contribution >= 0.6 is 0 Å². The Labute approximate surface area is 118 Å². The summed E-state index contributed by atoms with van der Waals surface area (Å²) in [6.07, 6.45) is -1.65. The molecule has 0 radical (unpaired) electrons. The third-order valence-corrected chi connectivity index (χ3v) is 3.86. The first-order valence-corrected chi connectivity index (χ1v) is 6.66. The van der Waals surface area contributed by atoms with E-state index in [1.165, 1.54) is 13.0 Å². The average molecular weight is 318 g/mol. The molecule has 21 heavy (non-hydrogen) atoms. The van der Waals surface area contributed by atoms with E-state index < -0.39 is 30.2 Å². The lowest BCUT2D eigenvalue weighted by atomic mass is 10.0. The normalized spacial score (nSPS) is 29.4. The van der Waals surface area contributed by atoms with Crippen LogP contribution in [0.3, 0.4) is 0 Å². The van der Waals surface area contributed by atoms with E-state index in [0.29, 0.717) is 6.42 Å². The van der Waals surface area contributed by atoms with Crippen molar-refractivity contribution in [2.45, 2.75) is 49.7 Å². The summed E-state index contributed by atoms with van der Waals surface area (Å²) in [5, 5.41) is 0. The summed E-state index contributed by atoms with van der Waals surface area (Å²) in [5.74, 6) is -10.7. The number of ether oxygens (including phenoxy) is 2. The minimum Gasteiger partial charge on any atom is -0.375 e. The first-order chi connectivity index (χ1) is 9.55. The summed E-state index contributed by atoms with van der Waals surface area (Å²) in [4.78, 5) is 0. The van der Waals surface area contributed by atoms with Crippen molar-refractivity contribution >= 4 is 0 Å². The van der Waals surface area contributed by atoms with E-state index >= 15 is 0 Å². The molecule has 2 aliphatic carbocycles. The van der Waals surface area contributed by atoms with Crippen LogP contribution in [0.1, 0.15) is 26.2 Å². The molecule has 0 amide bonds. The molecule has 1 fully saturated rings. The molecule has 2 aliphatic rings. The topological polar surface area (TPSA) is 18.5 Å². The molecule has 2 unspecified atom stereocenters. The van der Waals surface area contributed by atoms with E-state index in [4.69, 9.17) is 0 Å². The van der Waals surface area contributed by atoms with Gasteiger partial charge in [0.05, 0.1) is 5.60 Å². The maximum Gasteiger partial charge on any atom is 0.426 e. The number of fused-ring (bicyclic) bond motifs is 2. The number of alkyl halides is 6. The molecule has 0 spiro atoms. The summed E-state index contributed by atoms with van der Waals surface area (Å²) >= 11 is 0. The predicted molar refractivity (Wildman–Crippen MR) is 61.6 cm³/mol. The highest BCUT2D eigenvalue weighted by molar-refractivity contribution is 5.18. The Kier molecular flexibility index (Phi) is 4.08. The van der Waals surface area contributed by atoms with Gasteiger partial charge in [0.1, 0.15) is 6.61 Å². The van der Waals surface area contributed by atoms with Gasteiger partial charge in [0, 0.05) is 6.61 Å². The second-order valence-corrected chi connectivity index (χ2v) is 5.46. The molecule has 0 aromatic rings. The van der Waals surface area contributed by atoms with Crippen LogP contribution in [0.25, 0.3) is 0 Å². The van der Waals surface area contributed by atoms with Crippen LogP contribution in [0.4, 0.5) is 26.3 Å². The Morgan fingerprint density at radius 3 is 2.29 bits per heavy atom. The van der Waals surface area contributed by atoms with E-state index in [-0.39, 0.29) is 25.4 Å². The van der Waals surface area contributed by atoms with E-state index in [1.807, 2.05) is 0 Å². The average Bonchev–Trinajstić information content (AvgIpc) is 2.94. The van der Waals surface area contributed by atoms with Gasteiger partial charge in [-0.1, -0.05) is 12.2 Å². The van der Waals surface area contributed by atoms with Crippen LogP contribution < -0.4 is 0 Å². The minimum atomic E-state index is -5.65. The molecule has 2 nitrogen and oxygen atoms in total. The fraction of sp³-hybridized carbons (Fsp3) is 0.846. The second kappa shape index (κ2) is 5.15. The minimum absolute atomic E-state index is 0.0154. The molecule has 0 N–H and O–H groups in total. The first kappa shape index (κ1) is 16.6. The van der Waals surface area contributed by atoms with Crippen molar-refractivity contribution in [1.29, 1.82) is 0 Å². The molecular formula is C13H16F6O2. The highest BCUT2D eigenvalue weighted by Gasteiger charge is 2.74.